The number of carbonyl (C=O) groups is 1. The zero-order valence-electron chi connectivity index (χ0n) is 10.5. The van der Waals surface area contributed by atoms with Crippen molar-refractivity contribution < 1.29 is 13.2 Å². The first-order valence-corrected chi connectivity index (χ1v) is 7.20. The fourth-order valence-corrected chi connectivity index (χ4v) is 2.83. The van der Waals surface area contributed by atoms with E-state index in [9.17, 15) is 13.2 Å². The number of anilines is 1. The summed E-state index contributed by atoms with van der Waals surface area (Å²) in [6.45, 7) is 0.707. The zero-order valence-corrected chi connectivity index (χ0v) is 11.3. The summed E-state index contributed by atoms with van der Waals surface area (Å²) in [5, 5.41) is 0. The summed E-state index contributed by atoms with van der Waals surface area (Å²) >= 11 is 0. The molecule has 1 fully saturated rings. The number of hydrogen-bond donors (Lipinski definition) is 0. The third kappa shape index (κ3) is 2.26. The molecule has 98 valence electrons. The fraction of sp³-hybridized carbons (Fsp3) is 0.417. The van der Waals surface area contributed by atoms with Gasteiger partial charge in [0.15, 0.2) is 0 Å². The summed E-state index contributed by atoms with van der Waals surface area (Å²) in [6, 6.07) is 6.44. The third-order valence-corrected chi connectivity index (χ3v) is 4.83. The second-order valence-electron chi connectivity index (χ2n) is 4.43. The number of carbonyl (C=O) groups excluding carboxylic acids is 1. The number of rotatable bonds is 3. The Morgan fingerprint density at radius 1 is 1.17 bits per heavy atom. The maximum atomic E-state index is 11.9. The normalized spacial score (nSPS) is 16.6. The van der Waals surface area contributed by atoms with E-state index in [1.165, 1.54) is 30.5 Å². The first-order valence-electron chi connectivity index (χ1n) is 5.76. The van der Waals surface area contributed by atoms with Gasteiger partial charge in [0, 0.05) is 32.7 Å². The highest BCUT2D eigenvalue weighted by atomic mass is 32.2. The van der Waals surface area contributed by atoms with E-state index in [1.54, 1.807) is 17.0 Å². The largest absolute Gasteiger partial charge is 0.312 e. The monoisotopic (exact) mass is 268 g/mol. The minimum absolute atomic E-state index is 0.0956. The van der Waals surface area contributed by atoms with E-state index in [-0.39, 0.29) is 10.8 Å². The van der Waals surface area contributed by atoms with Crippen molar-refractivity contribution in [2.45, 2.75) is 17.7 Å². The summed E-state index contributed by atoms with van der Waals surface area (Å²) in [6.07, 6.45) is 1.42. The molecule has 0 saturated carbocycles. The van der Waals surface area contributed by atoms with Gasteiger partial charge in [-0.15, -0.1) is 0 Å². The molecule has 2 rings (SSSR count). The maximum absolute atomic E-state index is 11.9. The molecule has 0 aliphatic carbocycles. The molecule has 0 spiro atoms. The van der Waals surface area contributed by atoms with Crippen LogP contribution in [-0.4, -0.2) is 39.3 Å². The number of nitrogens with zero attached hydrogens (tertiary/aromatic N) is 2. The second kappa shape index (κ2) is 4.70. The highest BCUT2D eigenvalue weighted by Crippen LogP contribution is 2.23. The Morgan fingerprint density at radius 3 is 2.22 bits per heavy atom. The highest BCUT2D eigenvalue weighted by Gasteiger charge is 2.22. The zero-order chi connectivity index (χ0) is 13.3. The maximum Gasteiger partial charge on any atom is 0.242 e. The Balaban J connectivity index is 2.28. The van der Waals surface area contributed by atoms with Gasteiger partial charge in [0.25, 0.3) is 0 Å². The van der Waals surface area contributed by atoms with Gasteiger partial charge in [-0.05, 0) is 30.7 Å². The Bertz CT molecular complexity index is 549. The number of amides is 1. The quantitative estimate of drug-likeness (QED) is 0.823. The lowest BCUT2D eigenvalue weighted by atomic mass is 10.3. The van der Waals surface area contributed by atoms with Crippen LogP contribution in [0.4, 0.5) is 5.69 Å². The van der Waals surface area contributed by atoms with Gasteiger partial charge in [-0.2, -0.15) is 0 Å². The molecule has 1 aliphatic heterocycles. The predicted molar refractivity (Wildman–Crippen MR) is 68.9 cm³/mol. The SMILES string of the molecule is CN(C)S(=O)(=O)c1ccc(N2CCCC2=O)cc1. The van der Waals surface area contributed by atoms with Crippen LogP contribution in [0.15, 0.2) is 29.2 Å². The lowest BCUT2D eigenvalue weighted by Gasteiger charge is -2.17. The van der Waals surface area contributed by atoms with Gasteiger partial charge in [0.1, 0.15) is 0 Å². The Labute approximate surface area is 107 Å². The molecular weight excluding hydrogens is 252 g/mol. The summed E-state index contributed by atoms with van der Waals surface area (Å²) in [7, 11) is -0.414. The van der Waals surface area contributed by atoms with E-state index in [0.717, 1.165) is 12.1 Å². The van der Waals surface area contributed by atoms with E-state index < -0.39 is 10.0 Å². The topological polar surface area (TPSA) is 57.7 Å². The summed E-state index contributed by atoms with van der Waals surface area (Å²) in [5.41, 5.74) is 0.759. The lowest BCUT2D eigenvalue weighted by molar-refractivity contribution is -0.117. The molecule has 0 unspecified atom stereocenters. The van der Waals surface area contributed by atoms with Gasteiger partial charge in [0.2, 0.25) is 15.9 Å². The molecule has 0 radical (unpaired) electrons. The molecule has 0 aromatic heterocycles. The molecule has 1 heterocycles. The van der Waals surface area contributed by atoms with Crippen LogP contribution in [0.25, 0.3) is 0 Å². The summed E-state index contributed by atoms with van der Waals surface area (Å²) < 4.78 is 24.9. The average molecular weight is 268 g/mol. The number of benzene rings is 1. The first kappa shape index (κ1) is 13.0. The van der Waals surface area contributed by atoms with Crippen molar-refractivity contribution in [3.05, 3.63) is 24.3 Å². The van der Waals surface area contributed by atoms with E-state index in [1.807, 2.05) is 0 Å². The van der Waals surface area contributed by atoms with Crippen LogP contribution >= 0.6 is 0 Å². The molecule has 1 aromatic rings. The lowest BCUT2D eigenvalue weighted by Crippen LogP contribution is -2.24. The second-order valence-corrected chi connectivity index (χ2v) is 6.58. The van der Waals surface area contributed by atoms with Gasteiger partial charge in [-0.1, -0.05) is 0 Å². The van der Waals surface area contributed by atoms with Gasteiger partial charge in [0.05, 0.1) is 4.90 Å². The van der Waals surface area contributed by atoms with Crippen LogP contribution < -0.4 is 4.90 Å². The molecule has 6 heteroatoms. The number of sulfonamides is 1. The van der Waals surface area contributed by atoms with Crippen molar-refractivity contribution in [2.24, 2.45) is 0 Å². The fourth-order valence-electron chi connectivity index (χ4n) is 1.93. The van der Waals surface area contributed by atoms with Crippen LogP contribution in [0, 0.1) is 0 Å². The summed E-state index contributed by atoms with van der Waals surface area (Å²) in [4.78, 5) is 13.5. The van der Waals surface area contributed by atoms with Crippen molar-refractivity contribution in [1.82, 2.24) is 4.31 Å². The first-order chi connectivity index (χ1) is 8.43. The summed E-state index contributed by atoms with van der Waals surface area (Å²) in [5.74, 6) is 0.0956. The molecular formula is C12H16N2O3S. The standard InChI is InChI=1S/C12H16N2O3S/c1-13(2)18(16,17)11-7-5-10(6-8-11)14-9-3-4-12(14)15/h5-8H,3-4,9H2,1-2H3. The molecule has 1 saturated heterocycles. The molecule has 1 aliphatic rings. The Hall–Kier alpha value is -1.40. The van der Waals surface area contributed by atoms with Gasteiger partial charge < -0.3 is 4.90 Å². The molecule has 0 bridgehead atoms. The van der Waals surface area contributed by atoms with E-state index >= 15 is 0 Å². The average Bonchev–Trinajstić information content (AvgIpc) is 2.75. The van der Waals surface area contributed by atoms with Gasteiger partial charge >= 0.3 is 0 Å². The molecule has 0 N–H and O–H groups in total. The predicted octanol–water partition coefficient (Wildman–Crippen LogP) is 1.06. The highest BCUT2D eigenvalue weighted by molar-refractivity contribution is 7.89. The van der Waals surface area contributed by atoms with Crippen LogP contribution in [0.5, 0.6) is 0 Å². The van der Waals surface area contributed by atoms with E-state index in [4.69, 9.17) is 0 Å². The van der Waals surface area contributed by atoms with Crippen LogP contribution in [0.3, 0.4) is 0 Å². The van der Waals surface area contributed by atoms with Crippen molar-refractivity contribution >= 4 is 21.6 Å². The molecule has 0 atom stereocenters. The van der Waals surface area contributed by atoms with Crippen LogP contribution in [0.1, 0.15) is 12.8 Å². The van der Waals surface area contributed by atoms with E-state index in [2.05, 4.69) is 0 Å². The van der Waals surface area contributed by atoms with Crippen LogP contribution in [-0.2, 0) is 14.8 Å². The third-order valence-electron chi connectivity index (χ3n) is 3.00. The van der Waals surface area contributed by atoms with Crippen molar-refractivity contribution in [3.8, 4) is 0 Å². The Morgan fingerprint density at radius 2 is 1.78 bits per heavy atom. The van der Waals surface area contributed by atoms with Crippen molar-refractivity contribution in [3.63, 3.8) is 0 Å². The van der Waals surface area contributed by atoms with Gasteiger partial charge in [-0.25, -0.2) is 12.7 Å². The minimum Gasteiger partial charge on any atom is -0.312 e. The van der Waals surface area contributed by atoms with Gasteiger partial charge in [-0.3, -0.25) is 4.79 Å². The molecule has 18 heavy (non-hydrogen) atoms. The molecule has 5 nitrogen and oxygen atoms in total. The smallest absolute Gasteiger partial charge is 0.242 e. The molecule has 1 aromatic carbocycles. The minimum atomic E-state index is -3.40. The van der Waals surface area contributed by atoms with Crippen LogP contribution in [0.2, 0.25) is 0 Å². The van der Waals surface area contributed by atoms with E-state index in [0.29, 0.717) is 13.0 Å². The Kier molecular flexibility index (Phi) is 3.41. The molecule has 1 amide bonds. The van der Waals surface area contributed by atoms with Crippen molar-refractivity contribution in [2.75, 3.05) is 25.5 Å². The van der Waals surface area contributed by atoms with Crippen molar-refractivity contribution in [1.29, 1.82) is 0 Å². The number of hydrogen-bond acceptors (Lipinski definition) is 3.